The molecule has 0 saturated carbocycles. The minimum Gasteiger partial charge on any atom is -0.457 e. The quantitative estimate of drug-likeness (QED) is 0.219. The molecule has 0 spiro atoms. The predicted octanol–water partition coefficient (Wildman–Crippen LogP) is 3.83. The van der Waals surface area contributed by atoms with Crippen LogP contribution >= 0.6 is 12.2 Å². The molecule has 10 heteroatoms. The molecule has 0 aliphatic carbocycles. The normalized spacial score (nSPS) is 15.3. The minimum atomic E-state index is -0.693. The van der Waals surface area contributed by atoms with Crippen LogP contribution in [0.15, 0.2) is 70.7 Å². The Kier molecular flexibility index (Phi) is 5.14. The molecule has 3 aromatic rings. The Labute approximate surface area is 179 Å². The SMILES string of the molecule is O=C1NC(=S)N(c2ccc(F)cc2)C(=O)/C1=C/c1ccc(-c2ccc([N+](=O)[O-])cc2)o1. The van der Waals surface area contributed by atoms with Crippen LogP contribution < -0.4 is 10.2 Å². The zero-order valence-electron chi connectivity index (χ0n) is 15.6. The van der Waals surface area contributed by atoms with Crippen LogP contribution in [-0.2, 0) is 9.59 Å². The third-order valence-corrected chi connectivity index (χ3v) is 4.75. The summed E-state index contributed by atoms with van der Waals surface area (Å²) in [6.07, 6.45) is 1.27. The van der Waals surface area contributed by atoms with Gasteiger partial charge in [0, 0.05) is 17.7 Å². The van der Waals surface area contributed by atoms with E-state index in [4.69, 9.17) is 16.6 Å². The maximum atomic E-state index is 13.2. The summed E-state index contributed by atoms with van der Waals surface area (Å²) in [5, 5.41) is 13.1. The summed E-state index contributed by atoms with van der Waals surface area (Å²) in [4.78, 5) is 36.6. The number of hydrogen-bond donors (Lipinski definition) is 1. The maximum absolute atomic E-state index is 13.2. The van der Waals surface area contributed by atoms with Gasteiger partial charge in [-0.05, 0) is 66.8 Å². The fourth-order valence-electron chi connectivity index (χ4n) is 2.96. The summed E-state index contributed by atoms with van der Waals surface area (Å²) in [5.41, 5.74) is 0.610. The molecule has 1 N–H and O–H groups in total. The number of benzene rings is 2. The molecule has 1 aliphatic rings. The number of non-ortho nitro benzene ring substituents is 1. The second-order valence-electron chi connectivity index (χ2n) is 6.44. The summed E-state index contributed by atoms with van der Waals surface area (Å²) >= 11 is 5.09. The van der Waals surface area contributed by atoms with Gasteiger partial charge in [-0.25, -0.2) is 4.39 Å². The molecule has 2 heterocycles. The first-order chi connectivity index (χ1) is 14.8. The van der Waals surface area contributed by atoms with E-state index in [0.29, 0.717) is 17.0 Å². The number of carbonyl (C=O) groups is 2. The van der Waals surface area contributed by atoms with Gasteiger partial charge in [0.15, 0.2) is 5.11 Å². The number of carbonyl (C=O) groups excluding carboxylic acids is 2. The van der Waals surface area contributed by atoms with Gasteiger partial charge in [-0.2, -0.15) is 0 Å². The molecule has 1 saturated heterocycles. The van der Waals surface area contributed by atoms with E-state index < -0.39 is 22.6 Å². The highest BCUT2D eigenvalue weighted by Crippen LogP contribution is 2.27. The number of anilines is 1. The van der Waals surface area contributed by atoms with E-state index in [0.717, 1.165) is 4.90 Å². The smallest absolute Gasteiger partial charge is 0.270 e. The van der Waals surface area contributed by atoms with Crippen molar-refractivity contribution in [3.63, 3.8) is 0 Å². The number of rotatable bonds is 4. The second kappa shape index (κ2) is 7.92. The van der Waals surface area contributed by atoms with Gasteiger partial charge in [-0.15, -0.1) is 0 Å². The van der Waals surface area contributed by atoms with E-state index in [1.54, 1.807) is 12.1 Å². The van der Waals surface area contributed by atoms with Crippen molar-refractivity contribution in [3.05, 3.63) is 87.9 Å². The van der Waals surface area contributed by atoms with Crippen molar-refractivity contribution < 1.29 is 23.3 Å². The highest BCUT2D eigenvalue weighted by Gasteiger charge is 2.34. The molecule has 31 heavy (non-hydrogen) atoms. The summed E-state index contributed by atoms with van der Waals surface area (Å²) < 4.78 is 18.9. The predicted molar refractivity (Wildman–Crippen MR) is 113 cm³/mol. The molecule has 8 nitrogen and oxygen atoms in total. The lowest BCUT2D eigenvalue weighted by Crippen LogP contribution is -2.54. The number of halogens is 1. The first kappa shape index (κ1) is 20.1. The number of thiocarbonyl (C=S) groups is 1. The fraction of sp³-hybridized carbons (Fsp3) is 0. The summed E-state index contributed by atoms with van der Waals surface area (Å²) in [5.74, 6) is -1.24. The van der Waals surface area contributed by atoms with Crippen molar-refractivity contribution in [1.82, 2.24) is 5.32 Å². The van der Waals surface area contributed by atoms with Gasteiger partial charge in [0.2, 0.25) is 0 Å². The second-order valence-corrected chi connectivity index (χ2v) is 6.83. The van der Waals surface area contributed by atoms with Crippen LogP contribution in [0.25, 0.3) is 17.4 Å². The lowest BCUT2D eigenvalue weighted by molar-refractivity contribution is -0.384. The summed E-state index contributed by atoms with van der Waals surface area (Å²) in [7, 11) is 0. The Hall–Kier alpha value is -4.18. The topological polar surface area (TPSA) is 106 Å². The average Bonchev–Trinajstić information content (AvgIpc) is 3.21. The molecule has 1 fully saturated rings. The first-order valence-electron chi connectivity index (χ1n) is 8.85. The van der Waals surface area contributed by atoms with Gasteiger partial charge < -0.3 is 4.42 Å². The number of furan rings is 1. The molecule has 4 rings (SSSR count). The molecule has 2 aromatic carbocycles. The number of nitro groups is 1. The maximum Gasteiger partial charge on any atom is 0.270 e. The Morgan fingerprint density at radius 2 is 1.71 bits per heavy atom. The van der Waals surface area contributed by atoms with E-state index in [-0.39, 0.29) is 22.1 Å². The Morgan fingerprint density at radius 3 is 2.35 bits per heavy atom. The molecular formula is C21H12FN3O5S. The number of nitro benzene ring substituents is 1. The van der Waals surface area contributed by atoms with Gasteiger partial charge >= 0.3 is 0 Å². The van der Waals surface area contributed by atoms with Crippen molar-refractivity contribution in [2.24, 2.45) is 0 Å². The van der Waals surface area contributed by atoms with Gasteiger partial charge in [-0.3, -0.25) is 29.9 Å². The molecule has 1 aromatic heterocycles. The minimum absolute atomic E-state index is 0.0565. The molecular weight excluding hydrogens is 425 g/mol. The Morgan fingerprint density at radius 1 is 1.03 bits per heavy atom. The summed E-state index contributed by atoms with van der Waals surface area (Å²) in [6.45, 7) is 0. The largest absolute Gasteiger partial charge is 0.457 e. The summed E-state index contributed by atoms with van der Waals surface area (Å²) in [6, 6.07) is 14.0. The fourth-order valence-corrected chi connectivity index (χ4v) is 3.24. The van der Waals surface area contributed by atoms with E-state index in [9.17, 15) is 24.1 Å². The number of nitrogens with zero attached hydrogens (tertiary/aromatic N) is 2. The van der Waals surface area contributed by atoms with Crippen molar-refractivity contribution in [1.29, 1.82) is 0 Å². The van der Waals surface area contributed by atoms with Gasteiger partial charge in [-0.1, -0.05) is 0 Å². The van der Waals surface area contributed by atoms with Crippen molar-refractivity contribution in [3.8, 4) is 11.3 Å². The number of hydrogen-bond acceptors (Lipinski definition) is 6. The molecule has 0 bridgehead atoms. The first-order valence-corrected chi connectivity index (χ1v) is 9.26. The Balaban J connectivity index is 1.63. The molecule has 0 unspecified atom stereocenters. The molecule has 0 atom stereocenters. The third-order valence-electron chi connectivity index (χ3n) is 4.46. The zero-order valence-corrected chi connectivity index (χ0v) is 16.4. The van der Waals surface area contributed by atoms with E-state index in [1.165, 1.54) is 54.6 Å². The van der Waals surface area contributed by atoms with Crippen molar-refractivity contribution in [2.45, 2.75) is 0 Å². The lowest BCUT2D eigenvalue weighted by Gasteiger charge is -2.28. The van der Waals surface area contributed by atoms with E-state index in [2.05, 4.69) is 5.32 Å². The highest BCUT2D eigenvalue weighted by molar-refractivity contribution is 7.80. The Bertz CT molecular complexity index is 1250. The third kappa shape index (κ3) is 3.96. The average molecular weight is 437 g/mol. The van der Waals surface area contributed by atoms with Gasteiger partial charge in [0.25, 0.3) is 17.5 Å². The van der Waals surface area contributed by atoms with Crippen molar-refractivity contribution in [2.75, 3.05) is 4.90 Å². The number of amides is 2. The van der Waals surface area contributed by atoms with Crippen LogP contribution in [0.3, 0.4) is 0 Å². The van der Waals surface area contributed by atoms with Crippen LogP contribution in [0.5, 0.6) is 0 Å². The van der Waals surface area contributed by atoms with E-state index in [1.807, 2.05) is 0 Å². The van der Waals surface area contributed by atoms with Gasteiger partial charge in [0.1, 0.15) is 22.9 Å². The van der Waals surface area contributed by atoms with Crippen LogP contribution in [0, 0.1) is 15.9 Å². The molecule has 2 amide bonds. The highest BCUT2D eigenvalue weighted by atomic mass is 32.1. The molecule has 1 aliphatic heterocycles. The van der Waals surface area contributed by atoms with Gasteiger partial charge in [0.05, 0.1) is 10.6 Å². The zero-order chi connectivity index (χ0) is 22.1. The van der Waals surface area contributed by atoms with Crippen molar-refractivity contribution >= 4 is 46.6 Å². The van der Waals surface area contributed by atoms with Crippen LogP contribution in [-0.4, -0.2) is 21.9 Å². The monoisotopic (exact) mass is 437 g/mol. The van der Waals surface area contributed by atoms with Crippen LogP contribution in [0.1, 0.15) is 5.76 Å². The molecule has 0 radical (unpaired) electrons. The number of nitrogens with one attached hydrogen (secondary N) is 1. The standard InChI is InChI=1S/C21H12FN3O5S/c22-13-3-7-14(8-4-13)24-20(27)17(19(26)23-21(24)31)11-16-9-10-18(30-16)12-1-5-15(6-2-12)25(28)29/h1-11H,(H,23,26,31)/b17-11+. The van der Waals surface area contributed by atoms with Crippen LogP contribution in [0.4, 0.5) is 15.8 Å². The van der Waals surface area contributed by atoms with Crippen LogP contribution in [0.2, 0.25) is 0 Å². The molecule has 154 valence electrons. The van der Waals surface area contributed by atoms with E-state index >= 15 is 0 Å². The lowest BCUT2D eigenvalue weighted by atomic mass is 10.1.